The topological polar surface area (TPSA) is 37.3 Å². The fraction of sp³-hybridized carbons (Fsp3) is 0.267. The molecule has 2 heterocycles. The van der Waals surface area contributed by atoms with Crippen molar-refractivity contribution in [3.8, 4) is 5.69 Å². The first-order valence-corrected chi connectivity index (χ1v) is 6.58. The van der Waals surface area contributed by atoms with Crippen LogP contribution in [0.4, 0.5) is 0 Å². The number of carbonyl (C=O) groups is 1. The Morgan fingerprint density at radius 1 is 1.00 bits per heavy atom. The maximum Gasteiger partial charge on any atom is 0.253 e. The molecule has 4 nitrogen and oxygen atoms in total. The molecular formula is C15H17N3O. The Labute approximate surface area is 112 Å². The van der Waals surface area contributed by atoms with Crippen molar-refractivity contribution in [3.63, 3.8) is 0 Å². The third-order valence-electron chi connectivity index (χ3n) is 3.42. The van der Waals surface area contributed by atoms with Crippen LogP contribution in [-0.4, -0.2) is 41.6 Å². The van der Waals surface area contributed by atoms with Gasteiger partial charge in [-0.05, 0) is 36.4 Å². The van der Waals surface area contributed by atoms with Gasteiger partial charge in [0.1, 0.15) is 0 Å². The van der Waals surface area contributed by atoms with Crippen LogP contribution in [0.3, 0.4) is 0 Å². The van der Waals surface area contributed by atoms with E-state index in [2.05, 4.69) is 5.32 Å². The van der Waals surface area contributed by atoms with E-state index in [1.165, 1.54) is 0 Å². The first-order valence-electron chi connectivity index (χ1n) is 6.58. The van der Waals surface area contributed by atoms with Gasteiger partial charge in [0.05, 0.1) is 0 Å². The van der Waals surface area contributed by atoms with Crippen molar-refractivity contribution in [1.29, 1.82) is 0 Å². The number of hydrogen-bond acceptors (Lipinski definition) is 2. The lowest BCUT2D eigenvalue weighted by Crippen LogP contribution is -2.46. The van der Waals surface area contributed by atoms with Crippen LogP contribution in [0.25, 0.3) is 5.69 Å². The lowest BCUT2D eigenvalue weighted by atomic mass is 10.1. The number of piperazine rings is 1. The van der Waals surface area contributed by atoms with Crippen molar-refractivity contribution in [2.45, 2.75) is 0 Å². The molecule has 0 bridgehead atoms. The second kappa shape index (κ2) is 5.28. The normalized spacial score (nSPS) is 15.5. The molecule has 1 aliphatic heterocycles. The van der Waals surface area contributed by atoms with Gasteiger partial charge in [-0.1, -0.05) is 0 Å². The number of nitrogens with zero attached hydrogens (tertiary/aromatic N) is 2. The minimum atomic E-state index is 0.126. The Hall–Kier alpha value is -2.07. The largest absolute Gasteiger partial charge is 0.336 e. The molecule has 0 radical (unpaired) electrons. The van der Waals surface area contributed by atoms with Crippen LogP contribution in [0, 0.1) is 0 Å². The highest BCUT2D eigenvalue weighted by molar-refractivity contribution is 5.94. The van der Waals surface area contributed by atoms with Crippen LogP contribution in [0.5, 0.6) is 0 Å². The van der Waals surface area contributed by atoms with Crippen molar-refractivity contribution >= 4 is 5.91 Å². The smallest absolute Gasteiger partial charge is 0.253 e. The number of carbonyl (C=O) groups excluding carboxylic acids is 1. The number of benzene rings is 1. The molecule has 1 saturated heterocycles. The van der Waals surface area contributed by atoms with Crippen LogP contribution in [0.2, 0.25) is 0 Å². The quantitative estimate of drug-likeness (QED) is 0.883. The molecule has 0 atom stereocenters. The number of aromatic nitrogens is 1. The summed E-state index contributed by atoms with van der Waals surface area (Å²) in [6.45, 7) is 3.34. The van der Waals surface area contributed by atoms with E-state index in [9.17, 15) is 4.79 Å². The van der Waals surface area contributed by atoms with E-state index in [4.69, 9.17) is 0 Å². The molecule has 1 N–H and O–H groups in total. The molecule has 1 fully saturated rings. The molecule has 1 amide bonds. The molecule has 4 heteroatoms. The van der Waals surface area contributed by atoms with Gasteiger partial charge in [0.2, 0.25) is 0 Å². The Morgan fingerprint density at radius 2 is 1.63 bits per heavy atom. The standard InChI is InChI=1S/C15H17N3O/c19-15(18-11-7-16-8-12-18)13-3-5-14(6-4-13)17-9-1-2-10-17/h1-6,9-10,16H,7-8,11-12H2. The molecule has 19 heavy (non-hydrogen) atoms. The zero-order valence-electron chi connectivity index (χ0n) is 10.7. The number of amides is 1. The molecule has 1 aliphatic rings. The van der Waals surface area contributed by atoms with Gasteiger partial charge in [0.25, 0.3) is 5.91 Å². The summed E-state index contributed by atoms with van der Waals surface area (Å²) in [5.41, 5.74) is 1.83. The van der Waals surface area contributed by atoms with Crippen LogP contribution < -0.4 is 5.32 Å². The van der Waals surface area contributed by atoms with Crippen molar-refractivity contribution in [1.82, 2.24) is 14.8 Å². The Bertz CT molecular complexity index is 539. The molecule has 1 aromatic heterocycles. The Kier molecular flexibility index (Phi) is 3.33. The van der Waals surface area contributed by atoms with Crippen LogP contribution in [0.15, 0.2) is 48.8 Å². The summed E-state index contributed by atoms with van der Waals surface area (Å²) in [6, 6.07) is 11.7. The van der Waals surface area contributed by atoms with Gasteiger partial charge in [-0.25, -0.2) is 0 Å². The van der Waals surface area contributed by atoms with E-state index < -0.39 is 0 Å². The molecule has 0 saturated carbocycles. The Morgan fingerprint density at radius 3 is 2.26 bits per heavy atom. The molecule has 3 rings (SSSR count). The SMILES string of the molecule is O=C(c1ccc(-n2cccc2)cc1)N1CCNCC1. The molecule has 0 spiro atoms. The second-order valence-corrected chi connectivity index (χ2v) is 4.68. The molecule has 1 aromatic carbocycles. The average Bonchev–Trinajstić information content (AvgIpc) is 3.02. The molecular weight excluding hydrogens is 238 g/mol. The van der Waals surface area contributed by atoms with E-state index in [1.807, 2.05) is 58.3 Å². The van der Waals surface area contributed by atoms with Gasteiger partial charge in [-0.3, -0.25) is 4.79 Å². The first-order chi connectivity index (χ1) is 9.34. The fourth-order valence-electron chi connectivity index (χ4n) is 2.33. The summed E-state index contributed by atoms with van der Waals surface area (Å²) in [5.74, 6) is 0.126. The van der Waals surface area contributed by atoms with Gasteiger partial charge in [-0.15, -0.1) is 0 Å². The van der Waals surface area contributed by atoms with Crippen LogP contribution in [0.1, 0.15) is 10.4 Å². The summed E-state index contributed by atoms with van der Waals surface area (Å²) in [4.78, 5) is 14.2. The minimum Gasteiger partial charge on any atom is -0.336 e. The second-order valence-electron chi connectivity index (χ2n) is 4.68. The van der Waals surface area contributed by atoms with E-state index in [-0.39, 0.29) is 5.91 Å². The van der Waals surface area contributed by atoms with E-state index >= 15 is 0 Å². The summed E-state index contributed by atoms with van der Waals surface area (Å²) < 4.78 is 2.03. The highest BCUT2D eigenvalue weighted by Crippen LogP contribution is 2.12. The molecule has 0 unspecified atom stereocenters. The van der Waals surface area contributed by atoms with Crippen LogP contribution >= 0.6 is 0 Å². The lowest BCUT2D eigenvalue weighted by molar-refractivity contribution is 0.0736. The van der Waals surface area contributed by atoms with E-state index in [1.54, 1.807) is 0 Å². The highest BCUT2D eigenvalue weighted by Gasteiger charge is 2.17. The van der Waals surface area contributed by atoms with Gasteiger partial charge in [0.15, 0.2) is 0 Å². The van der Waals surface area contributed by atoms with E-state index in [0.717, 1.165) is 37.4 Å². The summed E-state index contributed by atoms with van der Waals surface area (Å²) >= 11 is 0. The fourth-order valence-corrected chi connectivity index (χ4v) is 2.33. The lowest BCUT2D eigenvalue weighted by Gasteiger charge is -2.27. The van der Waals surface area contributed by atoms with E-state index in [0.29, 0.717) is 0 Å². The van der Waals surface area contributed by atoms with Gasteiger partial charge in [0, 0.05) is 49.8 Å². The third-order valence-corrected chi connectivity index (χ3v) is 3.42. The average molecular weight is 255 g/mol. The molecule has 98 valence electrons. The van der Waals surface area contributed by atoms with Crippen molar-refractivity contribution < 1.29 is 4.79 Å². The zero-order valence-corrected chi connectivity index (χ0v) is 10.7. The summed E-state index contributed by atoms with van der Waals surface area (Å²) in [5, 5.41) is 3.25. The zero-order chi connectivity index (χ0) is 13.1. The molecule has 2 aromatic rings. The van der Waals surface area contributed by atoms with Crippen molar-refractivity contribution in [2.24, 2.45) is 0 Å². The van der Waals surface area contributed by atoms with Crippen molar-refractivity contribution in [3.05, 3.63) is 54.4 Å². The maximum absolute atomic E-state index is 12.3. The minimum absolute atomic E-state index is 0.126. The maximum atomic E-state index is 12.3. The third kappa shape index (κ3) is 2.53. The van der Waals surface area contributed by atoms with Gasteiger partial charge < -0.3 is 14.8 Å². The Balaban J connectivity index is 1.76. The predicted molar refractivity (Wildman–Crippen MR) is 74.5 cm³/mol. The summed E-state index contributed by atoms with van der Waals surface area (Å²) in [6.07, 6.45) is 3.99. The van der Waals surface area contributed by atoms with Crippen molar-refractivity contribution in [2.75, 3.05) is 26.2 Å². The summed E-state index contributed by atoms with van der Waals surface area (Å²) in [7, 11) is 0. The van der Waals surface area contributed by atoms with Gasteiger partial charge in [-0.2, -0.15) is 0 Å². The van der Waals surface area contributed by atoms with Crippen LogP contribution in [-0.2, 0) is 0 Å². The first kappa shape index (κ1) is 12.0. The molecule has 0 aliphatic carbocycles. The monoisotopic (exact) mass is 255 g/mol. The van der Waals surface area contributed by atoms with Gasteiger partial charge >= 0.3 is 0 Å². The number of hydrogen-bond donors (Lipinski definition) is 1. The highest BCUT2D eigenvalue weighted by atomic mass is 16.2. The number of rotatable bonds is 2. The predicted octanol–water partition coefficient (Wildman–Crippen LogP) is 1.52. The number of nitrogens with one attached hydrogen (secondary N) is 1.